The molecule has 1 saturated carbocycles. The van der Waals surface area contributed by atoms with E-state index in [1.165, 1.54) is 6.92 Å². The number of nitro groups is 1. The molecule has 0 aromatic carbocycles. The van der Waals surface area contributed by atoms with Gasteiger partial charge in [-0.1, -0.05) is 13.3 Å². The number of unbranched alkanes of at least 4 members (excludes halogenated alkanes) is 1. The Kier molecular flexibility index (Phi) is 4.45. The Hall–Kier alpha value is -1.17. The lowest BCUT2D eigenvalue weighted by atomic mass is 9.66. The van der Waals surface area contributed by atoms with E-state index in [0.717, 1.165) is 12.8 Å². The lowest BCUT2D eigenvalue weighted by molar-refractivity contribution is -0.601. The van der Waals surface area contributed by atoms with E-state index in [1.807, 2.05) is 6.92 Å². The zero-order valence-corrected chi connectivity index (χ0v) is 10.2. The second-order valence-electron chi connectivity index (χ2n) is 4.66. The first-order chi connectivity index (χ1) is 7.94. The molecule has 0 aliphatic heterocycles. The molecule has 1 fully saturated rings. The molecule has 0 amide bonds. The predicted octanol–water partition coefficient (Wildman–Crippen LogP) is 1.14. The Morgan fingerprint density at radius 1 is 1.65 bits per heavy atom. The second-order valence-corrected chi connectivity index (χ2v) is 4.66. The molecule has 98 valence electrons. The number of carbonyl (C=O) groups is 1. The van der Waals surface area contributed by atoms with Gasteiger partial charge in [0, 0.05) is 17.8 Å². The number of nitrogens with zero attached hydrogens (tertiary/aromatic N) is 1. The molecule has 6 nitrogen and oxygen atoms in total. The number of carbonyl (C=O) groups excluding carboxylic acids is 1. The summed E-state index contributed by atoms with van der Waals surface area (Å²) in [7, 11) is 0. The van der Waals surface area contributed by atoms with E-state index < -0.39 is 22.5 Å². The smallest absolute Gasteiger partial charge is 0.309 e. The Morgan fingerprint density at radius 3 is 2.65 bits per heavy atom. The van der Waals surface area contributed by atoms with E-state index in [4.69, 9.17) is 4.74 Å². The lowest BCUT2D eigenvalue weighted by Crippen LogP contribution is -2.59. The van der Waals surface area contributed by atoms with Gasteiger partial charge in [-0.3, -0.25) is 14.9 Å². The van der Waals surface area contributed by atoms with Gasteiger partial charge >= 0.3 is 5.97 Å². The van der Waals surface area contributed by atoms with Crippen LogP contribution in [-0.2, 0) is 9.53 Å². The molecule has 1 rings (SSSR count). The maximum atomic E-state index is 11.5. The van der Waals surface area contributed by atoms with Crippen LogP contribution in [0.4, 0.5) is 0 Å². The Bertz CT molecular complexity index is 296. The molecule has 0 spiro atoms. The predicted molar refractivity (Wildman–Crippen MR) is 60.0 cm³/mol. The fourth-order valence-electron chi connectivity index (χ4n) is 2.04. The highest BCUT2D eigenvalue weighted by Gasteiger charge is 2.61. The van der Waals surface area contributed by atoms with E-state index in [-0.39, 0.29) is 18.8 Å². The fraction of sp³-hybridized carbons (Fsp3) is 0.909. The van der Waals surface area contributed by atoms with E-state index in [1.54, 1.807) is 0 Å². The molecule has 6 heteroatoms. The highest BCUT2D eigenvalue weighted by molar-refractivity contribution is 5.74. The van der Waals surface area contributed by atoms with Crippen LogP contribution in [0.2, 0.25) is 0 Å². The second kappa shape index (κ2) is 5.44. The first-order valence-electron chi connectivity index (χ1n) is 5.93. The van der Waals surface area contributed by atoms with Crippen molar-refractivity contribution in [3.8, 4) is 0 Å². The summed E-state index contributed by atoms with van der Waals surface area (Å²) < 4.78 is 5.00. The van der Waals surface area contributed by atoms with Crippen molar-refractivity contribution in [1.82, 2.24) is 0 Å². The number of ether oxygens (including phenoxy) is 1. The minimum absolute atomic E-state index is 0.0720. The maximum absolute atomic E-state index is 11.5. The van der Waals surface area contributed by atoms with Crippen molar-refractivity contribution in [2.24, 2.45) is 5.92 Å². The molecule has 0 radical (unpaired) electrons. The minimum atomic E-state index is -1.35. The summed E-state index contributed by atoms with van der Waals surface area (Å²) in [5.41, 5.74) is -1.35. The molecule has 1 aliphatic rings. The molecule has 17 heavy (non-hydrogen) atoms. The largest absolute Gasteiger partial charge is 0.465 e. The van der Waals surface area contributed by atoms with Crippen molar-refractivity contribution < 1.29 is 19.6 Å². The normalized spacial score (nSPS) is 29.2. The van der Waals surface area contributed by atoms with Crippen molar-refractivity contribution in [3.05, 3.63) is 10.1 Å². The summed E-state index contributed by atoms with van der Waals surface area (Å²) in [5, 5.41) is 20.3. The number of hydrogen-bond donors (Lipinski definition) is 1. The summed E-state index contributed by atoms with van der Waals surface area (Å²) in [4.78, 5) is 21.9. The average Bonchev–Trinajstić information content (AvgIpc) is 2.15. The van der Waals surface area contributed by atoms with Crippen molar-refractivity contribution >= 4 is 5.97 Å². The van der Waals surface area contributed by atoms with Gasteiger partial charge in [0.2, 0.25) is 5.54 Å². The average molecular weight is 245 g/mol. The van der Waals surface area contributed by atoms with Crippen LogP contribution in [-0.4, -0.2) is 34.2 Å². The van der Waals surface area contributed by atoms with Crippen molar-refractivity contribution in [2.45, 2.75) is 51.2 Å². The van der Waals surface area contributed by atoms with Gasteiger partial charge in [-0.2, -0.15) is 0 Å². The van der Waals surface area contributed by atoms with Gasteiger partial charge in [0.1, 0.15) is 6.10 Å². The standard InChI is InChI=1S/C11H19NO5/c1-3-4-5-17-10(14)9-6-11(7-9,8(2)13)12(15)16/h8-9,13H,3-7H2,1-2H3. The minimum Gasteiger partial charge on any atom is -0.465 e. The van der Waals surface area contributed by atoms with Gasteiger partial charge in [-0.05, 0) is 13.3 Å². The van der Waals surface area contributed by atoms with Crippen LogP contribution in [0.25, 0.3) is 0 Å². The summed E-state index contributed by atoms with van der Waals surface area (Å²) in [6.45, 7) is 3.75. The van der Waals surface area contributed by atoms with Crippen LogP contribution >= 0.6 is 0 Å². The molecule has 1 atom stereocenters. The first kappa shape index (κ1) is 13.9. The molecular formula is C11H19NO5. The van der Waals surface area contributed by atoms with Crippen molar-refractivity contribution in [3.63, 3.8) is 0 Å². The lowest BCUT2D eigenvalue weighted by Gasteiger charge is -2.40. The monoisotopic (exact) mass is 245 g/mol. The van der Waals surface area contributed by atoms with Gasteiger partial charge in [0.15, 0.2) is 0 Å². The quantitative estimate of drug-likeness (QED) is 0.328. The molecule has 0 aromatic rings. The maximum Gasteiger partial charge on any atom is 0.309 e. The number of hydrogen-bond acceptors (Lipinski definition) is 5. The van der Waals surface area contributed by atoms with Crippen LogP contribution in [0, 0.1) is 16.0 Å². The fourth-order valence-corrected chi connectivity index (χ4v) is 2.04. The van der Waals surface area contributed by atoms with E-state index in [9.17, 15) is 20.0 Å². The number of aliphatic hydroxyl groups excluding tert-OH is 1. The molecule has 0 heterocycles. The number of rotatable bonds is 6. The first-order valence-corrected chi connectivity index (χ1v) is 5.93. The van der Waals surface area contributed by atoms with Gasteiger partial charge in [0.25, 0.3) is 0 Å². The summed E-state index contributed by atoms with van der Waals surface area (Å²) >= 11 is 0. The molecule has 1 aliphatic carbocycles. The zero-order valence-electron chi connectivity index (χ0n) is 10.2. The highest BCUT2D eigenvalue weighted by atomic mass is 16.6. The zero-order chi connectivity index (χ0) is 13.1. The molecule has 0 aromatic heterocycles. The van der Waals surface area contributed by atoms with E-state index in [0.29, 0.717) is 6.61 Å². The van der Waals surface area contributed by atoms with Crippen molar-refractivity contribution in [2.75, 3.05) is 6.61 Å². The summed E-state index contributed by atoms with van der Waals surface area (Å²) in [6.07, 6.45) is 0.836. The number of aliphatic hydroxyl groups is 1. The SMILES string of the molecule is CCCCOC(=O)C1CC(C(C)O)([N+](=O)[O-])C1. The van der Waals surface area contributed by atoms with Crippen LogP contribution in [0.5, 0.6) is 0 Å². The van der Waals surface area contributed by atoms with Crippen LogP contribution in [0.1, 0.15) is 39.5 Å². The topological polar surface area (TPSA) is 89.7 Å². The molecule has 0 bridgehead atoms. The third-order valence-corrected chi connectivity index (χ3v) is 3.42. The molecule has 0 saturated heterocycles. The third kappa shape index (κ3) is 2.74. The van der Waals surface area contributed by atoms with E-state index >= 15 is 0 Å². The Morgan fingerprint density at radius 2 is 2.24 bits per heavy atom. The van der Waals surface area contributed by atoms with Crippen LogP contribution in [0.15, 0.2) is 0 Å². The van der Waals surface area contributed by atoms with Crippen molar-refractivity contribution in [1.29, 1.82) is 0 Å². The van der Waals surface area contributed by atoms with Gasteiger partial charge in [-0.25, -0.2) is 0 Å². The van der Waals surface area contributed by atoms with Gasteiger partial charge in [0.05, 0.1) is 12.5 Å². The summed E-state index contributed by atoms with van der Waals surface area (Å²) in [5.74, 6) is -0.816. The highest BCUT2D eigenvalue weighted by Crippen LogP contribution is 2.43. The third-order valence-electron chi connectivity index (χ3n) is 3.42. The number of esters is 1. The molecule has 1 N–H and O–H groups in total. The van der Waals surface area contributed by atoms with Crippen LogP contribution < -0.4 is 0 Å². The van der Waals surface area contributed by atoms with Gasteiger partial charge in [-0.15, -0.1) is 0 Å². The molecular weight excluding hydrogens is 226 g/mol. The van der Waals surface area contributed by atoms with Gasteiger partial charge < -0.3 is 9.84 Å². The Labute approximate surface area is 100 Å². The van der Waals surface area contributed by atoms with E-state index in [2.05, 4.69) is 0 Å². The molecule has 1 unspecified atom stereocenters. The van der Waals surface area contributed by atoms with Crippen LogP contribution in [0.3, 0.4) is 0 Å². The summed E-state index contributed by atoms with van der Waals surface area (Å²) in [6, 6.07) is 0. The Balaban J connectivity index is 2.43.